The third kappa shape index (κ3) is 3.70. The Hall–Kier alpha value is -3.49. The van der Waals surface area contributed by atoms with Crippen molar-refractivity contribution in [2.45, 2.75) is 32.7 Å². The Morgan fingerprint density at radius 3 is 2.67 bits per heavy atom. The number of para-hydroxylation sites is 1. The second-order valence-corrected chi connectivity index (χ2v) is 7.19. The SMILES string of the molecule is CCOC(=O)c1cnn(C2CCCN(C(=O)c3ccccc3-n3nccn3)C2)c1C. The predicted molar refractivity (Wildman–Crippen MR) is 108 cm³/mol. The van der Waals surface area contributed by atoms with E-state index in [0.29, 0.717) is 36.5 Å². The highest BCUT2D eigenvalue weighted by Crippen LogP contribution is 2.26. The summed E-state index contributed by atoms with van der Waals surface area (Å²) >= 11 is 0. The van der Waals surface area contributed by atoms with E-state index in [1.165, 1.54) is 4.80 Å². The van der Waals surface area contributed by atoms with E-state index in [0.717, 1.165) is 18.5 Å². The Morgan fingerprint density at radius 2 is 1.90 bits per heavy atom. The third-order valence-corrected chi connectivity index (χ3v) is 5.34. The number of carbonyl (C=O) groups is 2. The minimum Gasteiger partial charge on any atom is -0.462 e. The topological polar surface area (TPSA) is 95.1 Å². The molecule has 9 nitrogen and oxygen atoms in total. The normalized spacial score (nSPS) is 16.5. The second-order valence-electron chi connectivity index (χ2n) is 7.19. The molecule has 1 aliphatic rings. The number of aromatic nitrogens is 5. The number of nitrogens with zero attached hydrogens (tertiary/aromatic N) is 6. The van der Waals surface area contributed by atoms with Crippen LogP contribution in [0.4, 0.5) is 0 Å². The van der Waals surface area contributed by atoms with Gasteiger partial charge in [0.1, 0.15) is 5.56 Å². The molecule has 0 aliphatic carbocycles. The summed E-state index contributed by atoms with van der Waals surface area (Å²) in [5, 5.41) is 12.7. The Kier molecular flexibility index (Phi) is 5.60. The first-order chi connectivity index (χ1) is 14.6. The van der Waals surface area contributed by atoms with Crippen molar-refractivity contribution in [2.75, 3.05) is 19.7 Å². The van der Waals surface area contributed by atoms with Crippen molar-refractivity contribution in [1.29, 1.82) is 0 Å². The quantitative estimate of drug-likeness (QED) is 0.602. The summed E-state index contributed by atoms with van der Waals surface area (Å²) in [6, 6.07) is 7.32. The maximum Gasteiger partial charge on any atom is 0.341 e. The lowest BCUT2D eigenvalue weighted by molar-refractivity contribution is 0.0523. The molecule has 1 aliphatic heterocycles. The number of hydrogen-bond donors (Lipinski definition) is 0. The molecule has 3 aromatic rings. The van der Waals surface area contributed by atoms with Gasteiger partial charge < -0.3 is 9.64 Å². The van der Waals surface area contributed by atoms with E-state index in [4.69, 9.17) is 4.74 Å². The van der Waals surface area contributed by atoms with E-state index >= 15 is 0 Å². The zero-order valence-corrected chi connectivity index (χ0v) is 17.1. The minimum atomic E-state index is -0.370. The molecule has 1 amide bonds. The summed E-state index contributed by atoms with van der Waals surface area (Å²) in [6.45, 7) is 5.14. The van der Waals surface area contributed by atoms with Crippen molar-refractivity contribution in [3.05, 3.63) is 59.7 Å². The van der Waals surface area contributed by atoms with Crippen molar-refractivity contribution >= 4 is 11.9 Å². The van der Waals surface area contributed by atoms with Crippen molar-refractivity contribution < 1.29 is 14.3 Å². The Morgan fingerprint density at radius 1 is 1.13 bits per heavy atom. The van der Waals surface area contributed by atoms with Crippen LogP contribution in [0, 0.1) is 6.92 Å². The van der Waals surface area contributed by atoms with E-state index in [9.17, 15) is 9.59 Å². The summed E-state index contributed by atoms with van der Waals surface area (Å²) in [6.07, 6.45) is 6.45. The van der Waals surface area contributed by atoms with E-state index in [1.54, 1.807) is 31.6 Å². The fourth-order valence-electron chi connectivity index (χ4n) is 3.88. The molecule has 1 unspecified atom stereocenters. The number of carbonyl (C=O) groups excluding carboxylic acids is 2. The average Bonchev–Trinajstić information content (AvgIpc) is 3.43. The largest absolute Gasteiger partial charge is 0.462 e. The molecule has 1 atom stereocenters. The van der Waals surface area contributed by atoms with Crippen LogP contribution in [-0.2, 0) is 4.74 Å². The molecule has 9 heteroatoms. The molecule has 0 bridgehead atoms. The maximum absolute atomic E-state index is 13.3. The van der Waals surface area contributed by atoms with Crippen molar-refractivity contribution in [2.24, 2.45) is 0 Å². The summed E-state index contributed by atoms with van der Waals surface area (Å²) in [7, 11) is 0. The maximum atomic E-state index is 13.3. The van der Waals surface area contributed by atoms with E-state index < -0.39 is 0 Å². The first-order valence-corrected chi connectivity index (χ1v) is 10.1. The molecule has 0 N–H and O–H groups in total. The fourth-order valence-corrected chi connectivity index (χ4v) is 3.88. The molecule has 1 fully saturated rings. The number of esters is 1. The monoisotopic (exact) mass is 408 g/mol. The van der Waals surface area contributed by atoms with Gasteiger partial charge in [0.2, 0.25) is 0 Å². The van der Waals surface area contributed by atoms with Crippen LogP contribution in [0.2, 0.25) is 0 Å². The lowest BCUT2D eigenvalue weighted by atomic mass is 10.0. The minimum absolute atomic E-state index is 0.000803. The Bertz CT molecular complexity index is 1040. The lowest BCUT2D eigenvalue weighted by Gasteiger charge is -2.33. The lowest BCUT2D eigenvalue weighted by Crippen LogP contribution is -2.41. The van der Waals surface area contributed by atoms with Gasteiger partial charge in [0, 0.05) is 13.1 Å². The van der Waals surface area contributed by atoms with Crippen LogP contribution >= 0.6 is 0 Å². The number of ether oxygens (including phenoxy) is 1. The zero-order valence-electron chi connectivity index (χ0n) is 17.1. The van der Waals surface area contributed by atoms with Crippen LogP contribution in [0.5, 0.6) is 0 Å². The van der Waals surface area contributed by atoms with Gasteiger partial charge in [0.15, 0.2) is 0 Å². The molecule has 1 saturated heterocycles. The molecule has 0 radical (unpaired) electrons. The van der Waals surface area contributed by atoms with Gasteiger partial charge in [-0.15, -0.1) is 0 Å². The summed E-state index contributed by atoms with van der Waals surface area (Å²) in [5.41, 5.74) is 2.43. The molecule has 30 heavy (non-hydrogen) atoms. The van der Waals surface area contributed by atoms with Gasteiger partial charge in [-0.1, -0.05) is 12.1 Å². The van der Waals surface area contributed by atoms with Gasteiger partial charge >= 0.3 is 5.97 Å². The van der Waals surface area contributed by atoms with Gasteiger partial charge in [-0.3, -0.25) is 9.48 Å². The first kappa shape index (κ1) is 19.8. The molecule has 1 aromatic carbocycles. The van der Waals surface area contributed by atoms with Gasteiger partial charge in [0.25, 0.3) is 5.91 Å². The first-order valence-electron chi connectivity index (χ1n) is 10.1. The average molecular weight is 408 g/mol. The highest BCUT2D eigenvalue weighted by molar-refractivity contribution is 5.97. The molecular formula is C21H24N6O3. The van der Waals surface area contributed by atoms with Crippen molar-refractivity contribution in [3.8, 4) is 5.69 Å². The highest BCUT2D eigenvalue weighted by atomic mass is 16.5. The second kappa shape index (κ2) is 8.48. The predicted octanol–water partition coefficient (Wildman–Crippen LogP) is 2.43. The summed E-state index contributed by atoms with van der Waals surface area (Å²) in [4.78, 5) is 28.7. The molecule has 156 valence electrons. The van der Waals surface area contributed by atoms with Gasteiger partial charge in [-0.25, -0.2) is 4.79 Å². The van der Waals surface area contributed by atoms with Gasteiger partial charge in [-0.05, 0) is 38.8 Å². The molecule has 4 rings (SSSR count). The van der Waals surface area contributed by atoms with Gasteiger partial charge in [0.05, 0.1) is 48.2 Å². The molecular weight excluding hydrogens is 384 g/mol. The van der Waals surface area contributed by atoms with Gasteiger partial charge in [-0.2, -0.15) is 20.1 Å². The standard InChI is InChI=1S/C21H24N6O3/c1-3-30-21(29)18-13-24-26(15(18)2)16-7-6-12-25(14-16)20(28)17-8-4-5-9-19(17)27-22-10-11-23-27/h4-5,8-11,13,16H,3,6-7,12,14H2,1-2H3. The Labute approximate surface area is 174 Å². The molecule has 0 saturated carbocycles. The van der Waals surface area contributed by atoms with Crippen LogP contribution in [-0.4, -0.2) is 61.2 Å². The van der Waals surface area contributed by atoms with Crippen molar-refractivity contribution in [3.63, 3.8) is 0 Å². The van der Waals surface area contributed by atoms with E-state index in [1.807, 2.05) is 34.7 Å². The number of likely N-dealkylation sites (tertiary alicyclic amines) is 1. The third-order valence-electron chi connectivity index (χ3n) is 5.34. The van der Waals surface area contributed by atoms with Crippen LogP contribution in [0.1, 0.15) is 52.2 Å². The summed E-state index contributed by atoms with van der Waals surface area (Å²) in [5.74, 6) is -0.436. The zero-order chi connectivity index (χ0) is 21.1. The number of amides is 1. The smallest absolute Gasteiger partial charge is 0.341 e. The number of rotatable bonds is 5. The van der Waals surface area contributed by atoms with E-state index in [-0.39, 0.29) is 17.9 Å². The molecule has 0 spiro atoms. The Balaban J connectivity index is 1.56. The number of piperidine rings is 1. The molecule has 3 heterocycles. The number of benzene rings is 1. The van der Waals surface area contributed by atoms with Crippen LogP contribution < -0.4 is 0 Å². The molecule has 2 aromatic heterocycles. The van der Waals surface area contributed by atoms with Crippen molar-refractivity contribution in [1.82, 2.24) is 29.7 Å². The highest BCUT2D eigenvalue weighted by Gasteiger charge is 2.29. The van der Waals surface area contributed by atoms with E-state index in [2.05, 4.69) is 15.3 Å². The van der Waals surface area contributed by atoms with Crippen LogP contribution in [0.15, 0.2) is 42.9 Å². The summed E-state index contributed by atoms with van der Waals surface area (Å²) < 4.78 is 6.94. The number of hydrogen-bond acceptors (Lipinski definition) is 6. The fraction of sp³-hybridized carbons (Fsp3) is 0.381. The van der Waals surface area contributed by atoms with Crippen LogP contribution in [0.3, 0.4) is 0 Å². The van der Waals surface area contributed by atoms with Crippen LogP contribution in [0.25, 0.3) is 5.69 Å².